The highest BCUT2D eigenvalue weighted by molar-refractivity contribution is 6.30. The number of benzene rings is 2. The predicted molar refractivity (Wildman–Crippen MR) is 110 cm³/mol. The number of anilines is 2. The third-order valence-corrected chi connectivity index (χ3v) is 6.63. The standard InChI is InChI=1S/C22H22ClN3O/c1-15-22(21(27)26(24-15)18-11-9-17(23)10-12-18)14-16-6-2-3-7-19(16)25-13-5-4-8-20(22)25/h2-3,6-7,9-12,20H,4-5,8,13-14H2,1H3/t20-,22-/m1/s1. The number of hydrogen-bond donors (Lipinski definition) is 0. The Hall–Kier alpha value is -2.33. The van der Waals surface area contributed by atoms with Gasteiger partial charge in [0.15, 0.2) is 0 Å². The van der Waals surface area contributed by atoms with Crippen molar-refractivity contribution in [3.8, 4) is 0 Å². The number of halogens is 1. The Morgan fingerprint density at radius 1 is 1.11 bits per heavy atom. The molecule has 0 bridgehead atoms. The molecule has 0 unspecified atom stereocenters. The first-order valence-electron chi connectivity index (χ1n) is 9.61. The molecule has 1 spiro atoms. The predicted octanol–water partition coefficient (Wildman–Crippen LogP) is 4.66. The van der Waals surface area contributed by atoms with Gasteiger partial charge < -0.3 is 4.90 Å². The van der Waals surface area contributed by atoms with E-state index < -0.39 is 5.41 Å². The number of piperidine rings is 1. The van der Waals surface area contributed by atoms with Crippen LogP contribution in [0, 0.1) is 5.41 Å². The average Bonchev–Trinajstić information content (AvgIpc) is 2.94. The zero-order chi connectivity index (χ0) is 18.6. The van der Waals surface area contributed by atoms with Crippen LogP contribution in [-0.2, 0) is 11.2 Å². The summed E-state index contributed by atoms with van der Waals surface area (Å²) in [6, 6.07) is 16.1. The van der Waals surface area contributed by atoms with Crippen molar-refractivity contribution < 1.29 is 4.79 Å². The van der Waals surface area contributed by atoms with Crippen molar-refractivity contribution in [2.75, 3.05) is 16.5 Å². The molecule has 3 heterocycles. The number of amides is 1. The van der Waals surface area contributed by atoms with Crippen LogP contribution in [0.25, 0.3) is 0 Å². The van der Waals surface area contributed by atoms with Gasteiger partial charge in [0.1, 0.15) is 5.41 Å². The molecule has 5 rings (SSSR count). The van der Waals surface area contributed by atoms with Gasteiger partial charge in [-0.05, 0) is 68.5 Å². The van der Waals surface area contributed by atoms with Crippen molar-refractivity contribution >= 4 is 34.6 Å². The van der Waals surface area contributed by atoms with Crippen molar-refractivity contribution in [2.24, 2.45) is 10.5 Å². The molecule has 0 radical (unpaired) electrons. The first kappa shape index (κ1) is 16.8. The van der Waals surface area contributed by atoms with Gasteiger partial charge in [-0.3, -0.25) is 4.79 Å². The maximum atomic E-state index is 13.8. The van der Waals surface area contributed by atoms with Gasteiger partial charge in [-0.25, -0.2) is 0 Å². The third-order valence-electron chi connectivity index (χ3n) is 6.38. The van der Waals surface area contributed by atoms with Gasteiger partial charge in [0.25, 0.3) is 5.91 Å². The first-order chi connectivity index (χ1) is 13.1. The van der Waals surface area contributed by atoms with E-state index in [4.69, 9.17) is 16.7 Å². The summed E-state index contributed by atoms with van der Waals surface area (Å²) in [5.74, 6) is 0.0914. The van der Waals surface area contributed by atoms with Crippen LogP contribution >= 0.6 is 11.6 Å². The Bertz CT molecular complexity index is 939. The number of carbonyl (C=O) groups excluding carboxylic acids is 1. The highest BCUT2D eigenvalue weighted by Crippen LogP contribution is 2.49. The molecule has 2 aromatic rings. The average molecular weight is 380 g/mol. The first-order valence-corrected chi connectivity index (χ1v) is 9.99. The number of carbonyl (C=O) groups is 1. The van der Waals surface area contributed by atoms with Gasteiger partial charge in [-0.2, -0.15) is 10.1 Å². The molecular weight excluding hydrogens is 358 g/mol. The van der Waals surface area contributed by atoms with Crippen LogP contribution in [0.4, 0.5) is 11.4 Å². The smallest absolute Gasteiger partial charge is 0.261 e. The van der Waals surface area contributed by atoms with E-state index >= 15 is 0 Å². The minimum absolute atomic E-state index is 0.0914. The van der Waals surface area contributed by atoms with Crippen LogP contribution < -0.4 is 9.91 Å². The molecule has 2 atom stereocenters. The summed E-state index contributed by atoms with van der Waals surface area (Å²) in [6.07, 6.45) is 4.09. The molecule has 3 aliphatic heterocycles. The Morgan fingerprint density at radius 3 is 2.70 bits per heavy atom. The zero-order valence-corrected chi connectivity index (χ0v) is 16.1. The van der Waals surface area contributed by atoms with E-state index in [1.54, 1.807) is 5.01 Å². The van der Waals surface area contributed by atoms with Gasteiger partial charge in [-0.1, -0.05) is 29.8 Å². The topological polar surface area (TPSA) is 35.9 Å². The monoisotopic (exact) mass is 379 g/mol. The fourth-order valence-corrected chi connectivity index (χ4v) is 5.19. The van der Waals surface area contributed by atoms with E-state index in [9.17, 15) is 4.79 Å². The molecule has 1 fully saturated rings. The van der Waals surface area contributed by atoms with Gasteiger partial charge in [0.05, 0.1) is 11.4 Å². The largest absolute Gasteiger partial charge is 0.367 e. The van der Waals surface area contributed by atoms with Gasteiger partial charge in [0, 0.05) is 23.3 Å². The molecule has 3 aliphatic rings. The number of fused-ring (bicyclic) bond motifs is 4. The van der Waals surface area contributed by atoms with E-state index in [2.05, 4.69) is 29.2 Å². The summed E-state index contributed by atoms with van der Waals surface area (Å²) < 4.78 is 0. The summed E-state index contributed by atoms with van der Waals surface area (Å²) >= 11 is 6.03. The van der Waals surface area contributed by atoms with E-state index in [1.807, 2.05) is 31.2 Å². The number of hydrazone groups is 1. The lowest BCUT2D eigenvalue weighted by Crippen LogP contribution is -2.61. The second kappa shape index (κ2) is 6.10. The minimum atomic E-state index is -0.575. The molecule has 1 saturated heterocycles. The quantitative estimate of drug-likeness (QED) is 0.722. The number of rotatable bonds is 1. The highest BCUT2D eigenvalue weighted by atomic mass is 35.5. The normalized spacial score (nSPS) is 26.8. The lowest BCUT2D eigenvalue weighted by Gasteiger charge is -2.51. The molecule has 2 aromatic carbocycles. The Labute approximate surface area is 164 Å². The van der Waals surface area contributed by atoms with E-state index in [0.717, 1.165) is 37.2 Å². The Kier molecular flexibility index (Phi) is 3.80. The Morgan fingerprint density at radius 2 is 1.89 bits per heavy atom. The fourth-order valence-electron chi connectivity index (χ4n) is 5.06. The van der Waals surface area contributed by atoms with Crippen molar-refractivity contribution in [3.05, 3.63) is 59.1 Å². The minimum Gasteiger partial charge on any atom is -0.367 e. The third kappa shape index (κ3) is 2.36. The van der Waals surface area contributed by atoms with Crippen molar-refractivity contribution in [2.45, 2.75) is 38.6 Å². The molecule has 0 aliphatic carbocycles. The van der Waals surface area contributed by atoms with Gasteiger partial charge >= 0.3 is 0 Å². The summed E-state index contributed by atoms with van der Waals surface area (Å²) in [4.78, 5) is 16.3. The van der Waals surface area contributed by atoms with Crippen LogP contribution in [0.5, 0.6) is 0 Å². The van der Waals surface area contributed by atoms with Crippen molar-refractivity contribution in [1.29, 1.82) is 0 Å². The molecule has 5 heteroatoms. The van der Waals surface area contributed by atoms with Crippen LogP contribution in [0.3, 0.4) is 0 Å². The molecule has 138 valence electrons. The highest BCUT2D eigenvalue weighted by Gasteiger charge is 2.58. The van der Waals surface area contributed by atoms with E-state index in [1.165, 1.54) is 17.7 Å². The van der Waals surface area contributed by atoms with Crippen LogP contribution in [0.1, 0.15) is 31.7 Å². The number of nitrogens with zero attached hydrogens (tertiary/aromatic N) is 3. The van der Waals surface area contributed by atoms with E-state index in [0.29, 0.717) is 5.02 Å². The van der Waals surface area contributed by atoms with Crippen molar-refractivity contribution in [1.82, 2.24) is 0 Å². The van der Waals surface area contributed by atoms with Crippen LogP contribution in [0.2, 0.25) is 5.02 Å². The van der Waals surface area contributed by atoms with Crippen molar-refractivity contribution in [3.63, 3.8) is 0 Å². The van der Waals surface area contributed by atoms with Gasteiger partial charge in [-0.15, -0.1) is 0 Å². The maximum Gasteiger partial charge on any atom is 0.261 e. The molecule has 27 heavy (non-hydrogen) atoms. The maximum absolute atomic E-state index is 13.8. The molecule has 1 amide bonds. The lowest BCUT2D eigenvalue weighted by atomic mass is 9.66. The second-order valence-corrected chi connectivity index (χ2v) is 8.20. The molecular formula is C22H22ClN3O. The summed E-state index contributed by atoms with van der Waals surface area (Å²) in [7, 11) is 0. The van der Waals surface area contributed by atoms with Crippen LogP contribution in [0.15, 0.2) is 53.6 Å². The number of hydrogen-bond acceptors (Lipinski definition) is 3. The van der Waals surface area contributed by atoms with Crippen LogP contribution in [-0.4, -0.2) is 24.2 Å². The fraction of sp³-hybridized carbons (Fsp3) is 0.364. The second-order valence-electron chi connectivity index (χ2n) is 7.76. The van der Waals surface area contributed by atoms with Gasteiger partial charge in [0.2, 0.25) is 0 Å². The molecule has 0 saturated carbocycles. The lowest BCUT2D eigenvalue weighted by molar-refractivity contribution is -0.125. The summed E-state index contributed by atoms with van der Waals surface area (Å²) in [6.45, 7) is 3.03. The molecule has 0 aromatic heterocycles. The van der Waals surface area contributed by atoms with E-state index in [-0.39, 0.29) is 11.9 Å². The molecule has 0 N–H and O–H groups in total. The SMILES string of the molecule is CC1=NN(c2ccc(Cl)cc2)C(=O)[C@]12Cc1ccccc1N1CCCC[C@@H]12. The summed E-state index contributed by atoms with van der Waals surface area (Å²) in [5.41, 5.74) is 3.67. The summed E-state index contributed by atoms with van der Waals surface area (Å²) in [5, 5.41) is 6.99. The Balaban J connectivity index is 1.62. The molecule has 4 nitrogen and oxygen atoms in total. The zero-order valence-electron chi connectivity index (χ0n) is 15.4. The number of para-hydroxylation sites is 1.